The minimum absolute atomic E-state index is 0.0883. The topological polar surface area (TPSA) is 55.2 Å². The summed E-state index contributed by atoms with van der Waals surface area (Å²) in [5.41, 5.74) is 3.69. The first-order valence-electron chi connectivity index (χ1n) is 9.59. The summed E-state index contributed by atoms with van der Waals surface area (Å²) >= 11 is 0. The molecule has 5 heteroatoms. The van der Waals surface area contributed by atoms with E-state index in [9.17, 15) is 9.59 Å². The van der Waals surface area contributed by atoms with Crippen LogP contribution >= 0.6 is 0 Å². The number of carbonyl (C=O) groups excluding carboxylic acids is 1. The molecule has 28 heavy (non-hydrogen) atoms. The standard InChI is InChI=1S/C23H23N3O2/c1-17(19-10-6-3-7-11-19)23(28)25-13-12-21-20(16-25)14-22(27)26(24-21)15-18-8-4-2-5-9-18/h2-11,14,17H,12-13,15-16H2,1H3. The number of hydrogen-bond acceptors (Lipinski definition) is 3. The molecule has 1 aliphatic rings. The van der Waals surface area contributed by atoms with Crippen molar-refractivity contribution in [2.75, 3.05) is 6.54 Å². The second-order valence-corrected chi connectivity index (χ2v) is 7.24. The molecule has 1 aliphatic heterocycles. The molecule has 0 bridgehead atoms. The number of hydrogen-bond donors (Lipinski definition) is 0. The second kappa shape index (κ2) is 7.80. The van der Waals surface area contributed by atoms with Crippen LogP contribution in [0.2, 0.25) is 0 Å². The Kier molecular flexibility index (Phi) is 5.06. The number of rotatable bonds is 4. The van der Waals surface area contributed by atoms with Crippen molar-refractivity contribution in [3.05, 3.63) is 99.5 Å². The fraction of sp³-hybridized carbons (Fsp3) is 0.261. The van der Waals surface area contributed by atoms with E-state index in [1.807, 2.05) is 72.5 Å². The highest BCUT2D eigenvalue weighted by atomic mass is 16.2. The monoisotopic (exact) mass is 373 g/mol. The van der Waals surface area contributed by atoms with Gasteiger partial charge in [0.25, 0.3) is 5.56 Å². The van der Waals surface area contributed by atoms with Crippen molar-refractivity contribution in [1.82, 2.24) is 14.7 Å². The van der Waals surface area contributed by atoms with Gasteiger partial charge in [0.15, 0.2) is 0 Å². The molecule has 0 aliphatic carbocycles. The Hall–Kier alpha value is -3.21. The molecule has 4 rings (SSSR count). The zero-order chi connectivity index (χ0) is 19.5. The maximum Gasteiger partial charge on any atom is 0.267 e. The highest BCUT2D eigenvalue weighted by Crippen LogP contribution is 2.22. The predicted molar refractivity (Wildman–Crippen MR) is 108 cm³/mol. The van der Waals surface area contributed by atoms with Gasteiger partial charge in [0, 0.05) is 31.1 Å². The third kappa shape index (κ3) is 3.74. The van der Waals surface area contributed by atoms with Crippen LogP contribution in [-0.4, -0.2) is 27.1 Å². The summed E-state index contributed by atoms with van der Waals surface area (Å²) in [4.78, 5) is 27.3. The first-order chi connectivity index (χ1) is 13.6. The van der Waals surface area contributed by atoms with Gasteiger partial charge in [-0.25, -0.2) is 4.68 Å². The van der Waals surface area contributed by atoms with E-state index in [2.05, 4.69) is 5.10 Å². The number of benzene rings is 2. The third-order valence-electron chi connectivity index (χ3n) is 5.30. The number of fused-ring (bicyclic) bond motifs is 1. The molecular weight excluding hydrogens is 350 g/mol. The molecule has 0 N–H and O–H groups in total. The molecule has 0 spiro atoms. The molecule has 5 nitrogen and oxygen atoms in total. The van der Waals surface area contributed by atoms with E-state index in [4.69, 9.17) is 0 Å². The van der Waals surface area contributed by atoms with Gasteiger partial charge in [-0.3, -0.25) is 9.59 Å². The molecule has 3 aromatic rings. The molecule has 1 atom stereocenters. The molecule has 1 aromatic heterocycles. The lowest BCUT2D eigenvalue weighted by atomic mass is 9.98. The highest BCUT2D eigenvalue weighted by Gasteiger charge is 2.26. The van der Waals surface area contributed by atoms with E-state index in [0.717, 1.165) is 22.4 Å². The van der Waals surface area contributed by atoms with E-state index in [0.29, 0.717) is 26.1 Å². The Labute approximate surface area is 164 Å². The van der Waals surface area contributed by atoms with Gasteiger partial charge < -0.3 is 4.90 Å². The van der Waals surface area contributed by atoms with E-state index < -0.39 is 0 Å². The molecule has 0 radical (unpaired) electrons. The van der Waals surface area contributed by atoms with Crippen molar-refractivity contribution in [3.63, 3.8) is 0 Å². The van der Waals surface area contributed by atoms with Crippen molar-refractivity contribution in [3.8, 4) is 0 Å². The lowest BCUT2D eigenvalue weighted by molar-refractivity contribution is -0.133. The van der Waals surface area contributed by atoms with Crippen LogP contribution in [0.25, 0.3) is 0 Å². The number of aromatic nitrogens is 2. The maximum absolute atomic E-state index is 12.9. The van der Waals surface area contributed by atoms with Crippen LogP contribution in [0, 0.1) is 0 Å². The smallest absolute Gasteiger partial charge is 0.267 e. The summed E-state index contributed by atoms with van der Waals surface area (Å²) < 4.78 is 1.51. The van der Waals surface area contributed by atoms with E-state index in [1.54, 1.807) is 6.07 Å². The van der Waals surface area contributed by atoms with Crippen molar-refractivity contribution in [2.45, 2.75) is 32.4 Å². The van der Waals surface area contributed by atoms with Crippen LogP contribution in [0.1, 0.15) is 35.2 Å². The van der Waals surface area contributed by atoms with Crippen LogP contribution in [0.15, 0.2) is 71.5 Å². The fourth-order valence-electron chi connectivity index (χ4n) is 3.65. The van der Waals surface area contributed by atoms with Crippen molar-refractivity contribution in [2.24, 2.45) is 0 Å². The van der Waals surface area contributed by atoms with Crippen molar-refractivity contribution < 1.29 is 4.79 Å². The summed E-state index contributed by atoms with van der Waals surface area (Å²) in [6.45, 7) is 3.46. The first-order valence-corrected chi connectivity index (χ1v) is 9.59. The van der Waals surface area contributed by atoms with Gasteiger partial charge >= 0.3 is 0 Å². The molecule has 0 saturated carbocycles. The Morgan fingerprint density at radius 2 is 1.75 bits per heavy atom. The minimum atomic E-state index is -0.200. The highest BCUT2D eigenvalue weighted by molar-refractivity contribution is 5.83. The number of amides is 1. The lowest BCUT2D eigenvalue weighted by Crippen LogP contribution is -2.40. The zero-order valence-electron chi connectivity index (χ0n) is 15.9. The van der Waals surface area contributed by atoms with Crippen LogP contribution in [-0.2, 0) is 24.3 Å². The van der Waals surface area contributed by atoms with Gasteiger partial charge in [-0.05, 0) is 18.1 Å². The molecule has 1 amide bonds. The van der Waals surface area contributed by atoms with Crippen LogP contribution in [0.5, 0.6) is 0 Å². The summed E-state index contributed by atoms with van der Waals surface area (Å²) in [6, 6.07) is 21.3. The number of nitrogens with zero attached hydrogens (tertiary/aromatic N) is 3. The first kappa shape index (κ1) is 18.2. The van der Waals surface area contributed by atoms with Crippen molar-refractivity contribution in [1.29, 1.82) is 0 Å². The normalized spacial score (nSPS) is 14.4. The third-order valence-corrected chi connectivity index (χ3v) is 5.30. The predicted octanol–water partition coefficient (Wildman–Crippen LogP) is 2.98. The van der Waals surface area contributed by atoms with Gasteiger partial charge in [-0.2, -0.15) is 5.10 Å². The molecular formula is C23H23N3O2. The Balaban J connectivity index is 1.52. The number of carbonyl (C=O) groups is 1. The maximum atomic E-state index is 12.9. The van der Waals surface area contributed by atoms with E-state index in [-0.39, 0.29) is 17.4 Å². The van der Waals surface area contributed by atoms with Gasteiger partial charge in [0.05, 0.1) is 18.2 Å². The lowest BCUT2D eigenvalue weighted by Gasteiger charge is -2.30. The molecule has 2 heterocycles. The minimum Gasteiger partial charge on any atom is -0.337 e. The van der Waals surface area contributed by atoms with Crippen LogP contribution in [0.3, 0.4) is 0 Å². The molecule has 142 valence electrons. The van der Waals surface area contributed by atoms with Crippen LogP contribution in [0.4, 0.5) is 0 Å². The summed E-state index contributed by atoms with van der Waals surface area (Å²) in [7, 11) is 0. The fourth-order valence-corrected chi connectivity index (χ4v) is 3.65. The van der Waals surface area contributed by atoms with Gasteiger partial charge in [0.2, 0.25) is 5.91 Å². The quantitative estimate of drug-likeness (QED) is 0.706. The second-order valence-electron chi connectivity index (χ2n) is 7.24. The Morgan fingerprint density at radius 3 is 2.46 bits per heavy atom. The average molecular weight is 373 g/mol. The SMILES string of the molecule is CC(C(=O)N1CCc2nn(Cc3ccccc3)c(=O)cc2C1)c1ccccc1. The summed E-state index contributed by atoms with van der Waals surface area (Å²) in [5, 5.41) is 4.57. The summed E-state index contributed by atoms with van der Waals surface area (Å²) in [5.74, 6) is -0.112. The van der Waals surface area contributed by atoms with Gasteiger partial charge in [0.1, 0.15) is 0 Å². The summed E-state index contributed by atoms with van der Waals surface area (Å²) in [6.07, 6.45) is 0.664. The van der Waals surface area contributed by atoms with Crippen LogP contribution < -0.4 is 5.56 Å². The van der Waals surface area contributed by atoms with E-state index in [1.165, 1.54) is 4.68 Å². The Morgan fingerprint density at radius 1 is 1.07 bits per heavy atom. The molecule has 0 saturated heterocycles. The van der Waals surface area contributed by atoms with Crippen molar-refractivity contribution >= 4 is 5.91 Å². The Bertz CT molecular complexity index is 1030. The zero-order valence-corrected chi connectivity index (χ0v) is 15.9. The molecule has 2 aromatic carbocycles. The van der Waals surface area contributed by atoms with Gasteiger partial charge in [-0.1, -0.05) is 60.7 Å². The molecule has 1 unspecified atom stereocenters. The van der Waals surface area contributed by atoms with E-state index >= 15 is 0 Å². The van der Waals surface area contributed by atoms with Gasteiger partial charge in [-0.15, -0.1) is 0 Å². The molecule has 0 fully saturated rings. The average Bonchev–Trinajstić information content (AvgIpc) is 2.74. The largest absolute Gasteiger partial charge is 0.337 e.